The number of nitrogens with two attached hydrogens (primary N) is 1. The Labute approximate surface area is 123 Å². The van der Waals surface area contributed by atoms with Crippen LogP contribution in [0, 0.1) is 6.92 Å². The van der Waals surface area contributed by atoms with Crippen LogP contribution in [0.5, 0.6) is 5.75 Å². The Balaban J connectivity index is 2.05. The topological polar surface area (TPSA) is 82.2 Å². The summed E-state index contributed by atoms with van der Waals surface area (Å²) in [5, 5.41) is 7.13. The first-order valence-corrected chi connectivity index (χ1v) is 6.80. The standard InChI is InChI=1S/C15H20N4O2/c1-4-19-13(7-10(2)18-19)15(20)17-9-11-5-6-14(21-3)12(16)8-11/h5-8H,4,9,16H2,1-3H3,(H,17,20). The number of benzene rings is 1. The smallest absolute Gasteiger partial charge is 0.269 e. The van der Waals surface area contributed by atoms with E-state index in [-0.39, 0.29) is 5.91 Å². The number of nitrogens with one attached hydrogen (secondary N) is 1. The van der Waals surface area contributed by atoms with Crippen molar-refractivity contribution in [3.63, 3.8) is 0 Å². The summed E-state index contributed by atoms with van der Waals surface area (Å²) in [4.78, 5) is 12.2. The molecule has 6 nitrogen and oxygen atoms in total. The molecule has 0 aliphatic heterocycles. The van der Waals surface area contributed by atoms with Crippen molar-refractivity contribution in [2.24, 2.45) is 0 Å². The zero-order valence-corrected chi connectivity index (χ0v) is 12.5. The maximum atomic E-state index is 12.2. The lowest BCUT2D eigenvalue weighted by Crippen LogP contribution is -2.25. The molecule has 0 spiro atoms. The summed E-state index contributed by atoms with van der Waals surface area (Å²) < 4.78 is 6.79. The van der Waals surface area contributed by atoms with E-state index in [1.807, 2.05) is 19.9 Å². The molecule has 0 fully saturated rings. The fourth-order valence-corrected chi connectivity index (χ4v) is 2.14. The van der Waals surface area contributed by atoms with Gasteiger partial charge in [0.2, 0.25) is 0 Å². The number of amides is 1. The summed E-state index contributed by atoms with van der Waals surface area (Å²) in [6.07, 6.45) is 0. The fourth-order valence-electron chi connectivity index (χ4n) is 2.14. The average Bonchev–Trinajstić information content (AvgIpc) is 2.86. The van der Waals surface area contributed by atoms with Gasteiger partial charge in [0.25, 0.3) is 5.91 Å². The first-order chi connectivity index (χ1) is 10.0. The number of rotatable bonds is 5. The highest BCUT2D eigenvalue weighted by atomic mass is 16.5. The van der Waals surface area contributed by atoms with Gasteiger partial charge in [0.1, 0.15) is 11.4 Å². The van der Waals surface area contributed by atoms with Crippen molar-refractivity contribution >= 4 is 11.6 Å². The highest BCUT2D eigenvalue weighted by molar-refractivity contribution is 5.92. The van der Waals surface area contributed by atoms with E-state index in [1.54, 1.807) is 30.0 Å². The average molecular weight is 288 g/mol. The third-order valence-electron chi connectivity index (χ3n) is 3.18. The van der Waals surface area contributed by atoms with Crippen molar-refractivity contribution in [1.82, 2.24) is 15.1 Å². The second kappa shape index (κ2) is 6.30. The van der Waals surface area contributed by atoms with Crippen LogP contribution in [0.3, 0.4) is 0 Å². The quantitative estimate of drug-likeness (QED) is 0.821. The molecular formula is C15H20N4O2. The molecule has 3 N–H and O–H groups in total. The van der Waals surface area contributed by atoms with Gasteiger partial charge in [0.15, 0.2) is 0 Å². The van der Waals surface area contributed by atoms with Gasteiger partial charge in [-0.05, 0) is 37.6 Å². The monoisotopic (exact) mass is 288 g/mol. The minimum absolute atomic E-state index is 0.146. The molecule has 0 unspecified atom stereocenters. The maximum Gasteiger partial charge on any atom is 0.269 e. The minimum atomic E-state index is -0.146. The highest BCUT2D eigenvalue weighted by Gasteiger charge is 2.12. The number of nitrogen functional groups attached to an aromatic ring is 1. The van der Waals surface area contributed by atoms with Gasteiger partial charge in [-0.25, -0.2) is 0 Å². The lowest BCUT2D eigenvalue weighted by atomic mass is 10.2. The van der Waals surface area contributed by atoms with Gasteiger partial charge < -0.3 is 15.8 Å². The molecule has 21 heavy (non-hydrogen) atoms. The van der Waals surface area contributed by atoms with Crippen LogP contribution in [0.2, 0.25) is 0 Å². The molecule has 1 aromatic heterocycles. The Kier molecular flexibility index (Phi) is 4.47. The molecular weight excluding hydrogens is 268 g/mol. The Morgan fingerprint density at radius 1 is 1.43 bits per heavy atom. The molecule has 0 radical (unpaired) electrons. The second-order valence-electron chi connectivity index (χ2n) is 4.75. The Bertz CT molecular complexity index is 649. The molecule has 2 aromatic rings. The number of methoxy groups -OCH3 is 1. The lowest BCUT2D eigenvalue weighted by molar-refractivity contribution is 0.0940. The van der Waals surface area contributed by atoms with E-state index in [1.165, 1.54) is 0 Å². The van der Waals surface area contributed by atoms with Crippen LogP contribution in [0.25, 0.3) is 0 Å². The first-order valence-electron chi connectivity index (χ1n) is 6.80. The molecule has 0 saturated carbocycles. The number of carbonyl (C=O) groups is 1. The van der Waals surface area contributed by atoms with Crippen LogP contribution < -0.4 is 15.8 Å². The molecule has 2 rings (SSSR count). The largest absolute Gasteiger partial charge is 0.495 e. The molecule has 1 aromatic carbocycles. The minimum Gasteiger partial charge on any atom is -0.495 e. The van der Waals surface area contributed by atoms with E-state index in [4.69, 9.17) is 10.5 Å². The third kappa shape index (κ3) is 3.34. The van der Waals surface area contributed by atoms with Crippen molar-refractivity contribution in [1.29, 1.82) is 0 Å². The summed E-state index contributed by atoms with van der Waals surface area (Å²) in [7, 11) is 1.57. The van der Waals surface area contributed by atoms with Crippen LogP contribution in [0.15, 0.2) is 24.3 Å². The second-order valence-corrected chi connectivity index (χ2v) is 4.75. The number of aromatic nitrogens is 2. The van der Waals surface area contributed by atoms with Gasteiger partial charge in [-0.1, -0.05) is 6.07 Å². The predicted molar refractivity (Wildman–Crippen MR) is 81.2 cm³/mol. The maximum absolute atomic E-state index is 12.2. The third-order valence-corrected chi connectivity index (χ3v) is 3.18. The Hall–Kier alpha value is -2.50. The lowest BCUT2D eigenvalue weighted by Gasteiger charge is -2.09. The van der Waals surface area contributed by atoms with Gasteiger partial charge in [-0.3, -0.25) is 9.48 Å². The van der Waals surface area contributed by atoms with Crippen LogP contribution in [-0.4, -0.2) is 22.8 Å². The van der Waals surface area contributed by atoms with Gasteiger partial charge >= 0.3 is 0 Å². The van der Waals surface area contributed by atoms with Gasteiger partial charge in [-0.2, -0.15) is 5.10 Å². The van der Waals surface area contributed by atoms with E-state index < -0.39 is 0 Å². The SMILES string of the molecule is CCn1nc(C)cc1C(=O)NCc1ccc(OC)c(N)c1. The summed E-state index contributed by atoms with van der Waals surface area (Å²) >= 11 is 0. The molecule has 0 saturated heterocycles. The molecule has 0 aliphatic rings. The molecule has 112 valence electrons. The normalized spacial score (nSPS) is 10.4. The van der Waals surface area contributed by atoms with E-state index >= 15 is 0 Å². The number of anilines is 1. The number of aryl methyl sites for hydroxylation is 2. The van der Waals surface area contributed by atoms with Gasteiger partial charge in [0, 0.05) is 13.1 Å². The zero-order chi connectivity index (χ0) is 15.4. The van der Waals surface area contributed by atoms with E-state index in [9.17, 15) is 4.79 Å². The summed E-state index contributed by atoms with van der Waals surface area (Å²) in [5.41, 5.74) is 8.71. The highest BCUT2D eigenvalue weighted by Crippen LogP contribution is 2.21. The number of ether oxygens (including phenoxy) is 1. The van der Waals surface area contributed by atoms with Crippen molar-refractivity contribution in [3.8, 4) is 5.75 Å². The number of hydrogen-bond donors (Lipinski definition) is 2. The van der Waals surface area contributed by atoms with Crippen LogP contribution >= 0.6 is 0 Å². The van der Waals surface area contributed by atoms with Crippen molar-refractivity contribution in [2.75, 3.05) is 12.8 Å². The van der Waals surface area contributed by atoms with Crippen molar-refractivity contribution < 1.29 is 9.53 Å². The Morgan fingerprint density at radius 2 is 2.19 bits per heavy atom. The molecule has 1 amide bonds. The first kappa shape index (κ1) is 14.9. The molecule has 1 heterocycles. The molecule has 0 atom stereocenters. The van der Waals surface area contributed by atoms with E-state index in [0.717, 1.165) is 11.3 Å². The van der Waals surface area contributed by atoms with Crippen LogP contribution in [0.4, 0.5) is 5.69 Å². The summed E-state index contributed by atoms with van der Waals surface area (Å²) in [6, 6.07) is 7.23. The van der Waals surface area contributed by atoms with Crippen LogP contribution in [0.1, 0.15) is 28.7 Å². The zero-order valence-electron chi connectivity index (χ0n) is 12.5. The van der Waals surface area contributed by atoms with E-state index in [0.29, 0.717) is 30.2 Å². The fraction of sp³-hybridized carbons (Fsp3) is 0.333. The summed E-state index contributed by atoms with van der Waals surface area (Å²) in [5.74, 6) is 0.483. The molecule has 0 aliphatic carbocycles. The molecule has 6 heteroatoms. The molecule has 0 bridgehead atoms. The number of carbonyl (C=O) groups excluding carboxylic acids is 1. The number of hydrogen-bond acceptors (Lipinski definition) is 4. The van der Waals surface area contributed by atoms with Crippen LogP contribution in [-0.2, 0) is 13.1 Å². The van der Waals surface area contributed by atoms with Gasteiger partial charge in [0.05, 0.1) is 18.5 Å². The summed E-state index contributed by atoms with van der Waals surface area (Å²) in [6.45, 7) is 4.88. The van der Waals surface area contributed by atoms with Crippen molar-refractivity contribution in [2.45, 2.75) is 26.9 Å². The van der Waals surface area contributed by atoms with Crippen molar-refractivity contribution in [3.05, 3.63) is 41.2 Å². The van der Waals surface area contributed by atoms with Gasteiger partial charge in [-0.15, -0.1) is 0 Å². The predicted octanol–water partition coefficient (Wildman–Crippen LogP) is 1.73. The van der Waals surface area contributed by atoms with E-state index in [2.05, 4.69) is 10.4 Å². The Morgan fingerprint density at radius 3 is 2.81 bits per heavy atom. The number of nitrogens with zero attached hydrogens (tertiary/aromatic N) is 2.